The van der Waals surface area contributed by atoms with Crippen LogP contribution in [0.1, 0.15) is 62.4 Å². The number of aromatic nitrogens is 2. The van der Waals surface area contributed by atoms with E-state index in [2.05, 4.69) is 72.7 Å². The molecule has 164 valence electrons. The highest BCUT2D eigenvalue weighted by atomic mass is 35.5. The van der Waals surface area contributed by atoms with Gasteiger partial charge in [0.05, 0.1) is 12.2 Å². The molecule has 0 fully saturated rings. The Kier molecular flexibility index (Phi) is 7.02. The second-order valence-corrected chi connectivity index (χ2v) is 8.85. The van der Waals surface area contributed by atoms with Crippen LogP contribution in [0.15, 0.2) is 42.5 Å². The fourth-order valence-electron chi connectivity index (χ4n) is 4.84. The van der Waals surface area contributed by atoms with Crippen molar-refractivity contribution in [1.82, 2.24) is 9.55 Å². The van der Waals surface area contributed by atoms with Crippen molar-refractivity contribution >= 4 is 17.3 Å². The second-order valence-electron chi connectivity index (χ2n) is 8.49. The van der Waals surface area contributed by atoms with Crippen LogP contribution < -0.4 is 4.90 Å². The molecule has 0 bridgehead atoms. The molecule has 3 nitrogen and oxygen atoms in total. The van der Waals surface area contributed by atoms with Crippen molar-refractivity contribution in [3.8, 4) is 11.4 Å². The lowest BCUT2D eigenvalue weighted by Crippen LogP contribution is -2.30. The Labute approximate surface area is 192 Å². The summed E-state index contributed by atoms with van der Waals surface area (Å²) in [6.45, 7) is 9.53. The average molecular weight is 436 g/mol. The van der Waals surface area contributed by atoms with E-state index in [-0.39, 0.29) is 0 Å². The molecule has 0 aliphatic carbocycles. The van der Waals surface area contributed by atoms with E-state index in [0.717, 1.165) is 63.3 Å². The van der Waals surface area contributed by atoms with Gasteiger partial charge in [-0.1, -0.05) is 75.2 Å². The predicted octanol–water partition coefficient (Wildman–Crippen LogP) is 7.08. The number of nitrogens with zero attached hydrogens (tertiary/aromatic N) is 3. The minimum absolute atomic E-state index is 0.655. The van der Waals surface area contributed by atoms with Gasteiger partial charge >= 0.3 is 0 Å². The number of imidazole rings is 1. The molecule has 0 radical (unpaired) electrons. The maximum atomic E-state index is 6.86. The Morgan fingerprint density at radius 3 is 2.42 bits per heavy atom. The lowest BCUT2D eigenvalue weighted by atomic mass is 9.97. The largest absolute Gasteiger partial charge is 0.365 e. The summed E-state index contributed by atoms with van der Waals surface area (Å²) in [7, 11) is 0. The normalized spacial score (nSPS) is 13.5. The number of fused-ring (bicyclic) bond motifs is 1. The number of anilines is 1. The molecule has 1 aromatic heterocycles. The fraction of sp³-hybridized carbons (Fsp3) is 0.444. The smallest absolute Gasteiger partial charge is 0.152 e. The molecule has 0 saturated carbocycles. The SMILES string of the molecule is CCCCn1c(-c2c(CC)cccc2CC)nc(Cl)c1CN1CCCc2ccccc21. The second kappa shape index (κ2) is 9.91. The first-order valence-corrected chi connectivity index (χ1v) is 12.2. The molecule has 4 rings (SSSR count). The van der Waals surface area contributed by atoms with E-state index < -0.39 is 0 Å². The zero-order valence-corrected chi connectivity index (χ0v) is 19.9. The number of hydrogen-bond donors (Lipinski definition) is 0. The van der Waals surface area contributed by atoms with E-state index in [9.17, 15) is 0 Å². The third-order valence-electron chi connectivity index (χ3n) is 6.53. The van der Waals surface area contributed by atoms with Gasteiger partial charge in [-0.15, -0.1) is 0 Å². The summed E-state index contributed by atoms with van der Waals surface area (Å²) in [6.07, 6.45) is 6.61. The summed E-state index contributed by atoms with van der Waals surface area (Å²) in [4.78, 5) is 7.46. The van der Waals surface area contributed by atoms with Crippen molar-refractivity contribution in [2.24, 2.45) is 0 Å². The predicted molar refractivity (Wildman–Crippen MR) is 132 cm³/mol. The van der Waals surface area contributed by atoms with E-state index in [0.29, 0.717) is 5.15 Å². The number of para-hydroxylation sites is 1. The molecule has 0 unspecified atom stereocenters. The van der Waals surface area contributed by atoms with E-state index in [1.54, 1.807) is 0 Å². The van der Waals surface area contributed by atoms with E-state index in [1.807, 2.05) is 0 Å². The number of hydrogen-bond acceptors (Lipinski definition) is 2. The molecule has 0 saturated heterocycles. The standard InChI is InChI=1S/C27H34ClN3/c1-4-7-18-31-24(19-30-17-11-15-22-12-8-9-16-23(22)30)26(28)29-27(31)25-20(5-2)13-10-14-21(25)6-3/h8-10,12-14,16H,4-7,11,15,17-19H2,1-3H3. The van der Waals surface area contributed by atoms with Crippen molar-refractivity contribution in [3.05, 3.63) is 70.0 Å². The molecule has 0 atom stereocenters. The molecule has 3 aromatic rings. The van der Waals surface area contributed by atoms with Crippen molar-refractivity contribution in [1.29, 1.82) is 0 Å². The minimum atomic E-state index is 0.655. The zero-order chi connectivity index (χ0) is 21.8. The van der Waals surface area contributed by atoms with Gasteiger partial charge in [0.2, 0.25) is 0 Å². The van der Waals surface area contributed by atoms with Gasteiger partial charge in [0, 0.05) is 24.3 Å². The van der Waals surface area contributed by atoms with E-state index in [4.69, 9.17) is 16.6 Å². The molecule has 1 aliphatic rings. The summed E-state index contributed by atoms with van der Waals surface area (Å²) in [6, 6.07) is 15.4. The van der Waals surface area contributed by atoms with Crippen LogP contribution in [0, 0.1) is 0 Å². The van der Waals surface area contributed by atoms with Gasteiger partial charge in [0.15, 0.2) is 5.15 Å². The molecule has 2 aromatic carbocycles. The van der Waals surface area contributed by atoms with Gasteiger partial charge in [-0.2, -0.15) is 0 Å². The number of unbranched alkanes of at least 4 members (excludes halogenated alkanes) is 1. The topological polar surface area (TPSA) is 21.1 Å². The summed E-state index contributed by atoms with van der Waals surface area (Å²) in [5, 5.41) is 0.655. The van der Waals surface area contributed by atoms with Gasteiger partial charge in [0.25, 0.3) is 0 Å². The van der Waals surface area contributed by atoms with Crippen LogP contribution in [0.5, 0.6) is 0 Å². The fourth-order valence-corrected chi connectivity index (χ4v) is 5.08. The summed E-state index contributed by atoms with van der Waals surface area (Å²) < 4.78 is 2.41. The maximum absolute atomic E-state index is 6.86. The van der Waals surface area contributed by atoms with Crippen molar-refractivity contribution in [2.75, 3.05) is 11.4 Å². The number of rotatable bonds is 8. The number of aryl methyl sites for hydroxylation is 3. The van der Waals surface area contributed by atoms with Gasteiger partial charge in [0.1, 0.15) is 5.82 Å². The lowest BCUT2D eigenvalue weighted by molar-refractivity contribution is 0.596. The first-order chi connectivity index (χ1) is 15.2. The van der Waals surface area contributed by atoms with Crippen LogP contribution >= 0.6 is 11.6 Å². The molecule has 0 N–H and O–H groups in total. The first-order valence-electron chi connectivity index (χ1n) is 11.9. The van der Waals surface area contributed by atoms with Crippen LogP contribution in [0.25, 0.3) is 11.4 Å². The summed E-state index contributed by atoms with van der Waals surface area (Å²) in [5.74, 6) is 1.05. The van der Waals surface area contributed by atoms with Crippen LogP contribution in [-0.2, 0) is 32.4 Å². The van der Waals surface area contributed by atoms with Crippen LogP contribution in [-0.4, -0.2) is 16.1 Å². The minimum Gasteiger partial charge on any atom is -0.365 e. The van der Waals surface area contributed by atoms with Gasteiger partial charge in [-0.05, 0) is 54.9 Å². The van der Waals surface area contributed by atoms with Crippen LogP contribution in [0.4, 0.5) is 5.69 Å². The third kappa shape index (κ3) is 4.39. The molecule has 1 aliphatic heterocycles. The Bertz CT molecular complexity index is 1010. The molecular formula is C27H34ClN3. The van der Waals surface area contributed by atoms with Crippen molar-refractivity contribution in [3.63, 3.8) is 0 Å². The molecule has 31 heavy (non-hydrogen) atoms. The third-order valence-corrected chi connectivity index (χ3v) is 6.83. The Morgan fingerprint density at radius 1 is 0.968 bits per heavy atom. The van der Waals surface area contributed by atoms with Gasteiger partial charge < -0.3 is 9.47 Å². The van der Waals surface area contributed by atoms with E-state index in [1.165, 1.54) is 34.4 Å². The van der Waals surface area contributed by atoms with Crippen molar-refractivity contribution in [2.45, 2.75) is 72.4 Å². The van der Waals surface area contributed by atoms with E-state index >= 15 is 0 Å². The lowest BCUT2D eigenvalue weighted by Gasteiger charge is -2.31. The number of halogens is 1. The molecule has 0 amide bonds. The monoisotopic (exact) mass is 435 g/mol. The Hall–Kier alpha value is -2.26. The molecular weight excluding hydrogens is 402 g/mol. The Balaban J connectivity index is 1.80. The average Bonchev–Trinajstić information content (AvgIpc) is 3.11. The van der Waals surface area contributed by atoms with Crippen molar-refractivity contribution < 1.29 is 0 Å². The quantitative estimate of drug-likeness (QED) is 0.376. The summed E-state index contributed by atoms with van der Waals surface area (Å²) in [5.41, 5.74) is 7.93. The van der Waals surface area contributed by atoms with Gasteiger partial charge in [-0.25, -0.2) is 4.98 Å². The van der Waals surface area contributed by atoms with Crippen LogP contribution in [0.3, 0.4) is 0 Å². The highest BCUT2D eigenvalue weighted by Crippen LogP contribution is 2.35. The Morgan fingerprint density at radius 2 is 1.71 bits per heavy atom. The molecule has 0 spiro atoms. The zero-order valence-electron chi connectivity index (χ0n) is 19.1. The summed E-state index contributed by atoms with van der Waals surface area (Å²) >= 11 is 6.86. The number of benzene rings is 2. The maximum Gasteiger partial charge on any atom is 0.152 e. The molecule has 4 heteroatoms. The molecule has 2 heterocycles. The highest BCUT2D eigenvalue weighted by Gasteiger charge is 2.24. The first kappa shape index (κ1) is 22.0. The highest BCUT2D eigenvalue weighted by molar-refractivity contribution is 6.30. The van der Waals surface area contributed by atoms with Crippen LogP contribution in [0.2, 0.25) is 5.15 Å². The van der Waals surface area contributed by atoms with Gasteiger partial charge in [-0.3, -0.25) is 0 Å².